The Balaban J connectivity index is 0.000000140. The molecule has 0 aliphatic heterocycles. The lowest BCUT2D eigenvalue weighted by atomic mass is 10.3. The van der Waals surface area contributed by atoms with Crippen LogP contribution in [0.4, 0.5) is 0 Å². The van der Waals surface area contributed by atoms with Crippen molar-refractivity contribution < 1.29 is 0 Å². The highest BCUT2D eigenvalue weighted by Gasteiger charge is 1.91. The third kappa shape index (κ3) is 14.1. The molecule has 0 radical (unpaired) electrons. The molecule has 1 aromatic carbocycles. The van der Waals surface area contributed by atoms with Crippen LogP contribution in [0.5, 0.6) is 0 Å². The lowest BCUT2D eigenvalue weighted by Crippen LogP contribution is -1.78. The van der Waals surface area contributed by atoms with E-state index < -0.39 is 0 Å². The van der Waals surface area contributed by atoms with Gasteiger partial charge in [0.2, 0.25) is 0 Å². The molecular formula is C31H27N9S2. The third-order valence-electron chi connectivity index (χ3n) is 4.45. The van der Waals surface area contributed by atoms with Crippen molar-refractivity contribution in [2.45, 2.75) is 0 Å². The Morgan fingerprint density at radius 1 is 0.333 bits per heavy atom. The smallest absolute Gasteiger partial charge is 0.115 e. The van der Waals surface area contributed by atoms with Crippen LogP contribution in [0.1, 0.15) is 0 Å². The summed E-state index contributed by atoms with van der Waals surface area (Å²) in [5, 5.41) is 4.25. The van der Waals surface area contributed by atoms with Gasteiger partial charge < -0.3 is 0 Å². The first-order chi connectivity index (χ1) is 20.9. The van der Waals surface area contributed by atoms with E-state index in [0.29, 0.717) is 0 Å². The molecule has 0 unspecified atom stereocenters. The van der Waals surface area contributed by atoms with E-state index in [1.54, 1.807) is 109 Å². The maximum absolute atomic E-state index is 4.12. The number of hydrogen-bond acceptors (Lipinski definition) is 11. The van der Waals surface area contributed by atoms with Crippen LogP contribution in [-0.2, 0) is 0 Å². The van der Waals surface area contributed by atoms with Gasteiger partial charge in [-0.25, -0.2) is 19.9 Å². The summed E-state index contributed by atoms with van der Waals surface area (Å²) in [6.45, 7) is 0. The predicted molar refractivity (Wildman–Crippen MR) is 170 cm³/mol. The summed E-state index contributed by atoms with van der Waals surface area (Å²) in [6.07, 6.45) is 23.2. The summed E-state index contributed by atoms with van der Waals surface area (Å²) < 4.78 is 2.82. The number of thiophene rings is 2. The molecule has 9 nitrogen and oxygen atoms in total. The van der Waals surface area contributed by atoms with Gasteiger partial charge in [-0.05, 0) is 59.3 Å². The molecule has 8 rings (SSSR count). The van der Waals surface area contributed by atoms with E-state index in [4.69, 9.17) is 0 Å². The minimum Gasteiger partial charge on any atom is -0.265 e. The van der Waals surface area contributed by atoms with Crippen LogP contribution in [0.15, 0.2) is 165 Å². The minimum absolute atomic E-state index is 0.949. The monoisotopic (exact) mass is 589 g/mol. The molecule has 11 heteroatoms. The van der Waals surface area contributed by atoms with Crippen molar-refractivity contribution in [3.63, 3.8) is 0 Å². The summed E-state index contributed by atoms with van der Waals surface area (Å²) in [4.78, 5) is 34.2. The van der Waals surface area contributed by atoms with Gasteiger partial charge in [0.25, 0.3) is 0 Å². The van der Waals surface area contributed by atoms with Crippen molar-refractivity contribution in [2.75, 3.05) is 0 Å². The average Bonchev–Trinajstić information content (AvgIpc) is 3.76. The largest absolute Gasteiger partial charge is 0.265 e. The molecule has 0 N–H and O–H groups in total. The van der Waals surface area contributed by atoms with Crippen LogP contribution in [0.3, 0.4) is 0 Å². The van der Waals surface area contributed by atoms with Crippen LogP contribution in [-0.4, -0.2) is 44.9 Å². The summed E-state index contributed by atoms with van der Waals surface area (Å²) in [5.74, 6) is 0. The molecule has 0 bridgehead atoms. The van der Waals surface area contributed by atoms with Crippen LogP contribution in [0, 0.1) is 0 Å². The van der Waals surface area contributed by atoms with E-state index in [9.17, 15) is 0 Å². The predicted octanol–water partition coefficient (Wildman–Crippen LogP) is 7.10. The lowest BCUT2D eigenvalue weighted by Gasteiger charge is -1.90. The maximum Gasteiger partial charge on any atom is 0.115 e. The van der Waals surface area contributed by atoms with Gasteiger partial charge in [0, 0.05) is 83.8 Å². The lowest BCUT2D eigenvalue weighted by molar-refractivity contribution is 1.17. The zero-order valence-electron chi connectivity index (χ0n) is 22.4. The zero-order chi connectivity index (χ0) is 29.2. The maximum atomic E-state index is 4.12. The van der Waals surface area contributed by atoms with Crippen LogP contribution in [0.2, 0.25) is 0 Å². The highest BCUT2D eigenvalue weighted by molar-refractivity contribution is 7.25. The number of benzene rings is 1. The first-order valence-electron chi connectivity index (χ1n) is 12.4. The number of pyridine rings is 1. The second kappa shape index (κ2) is 21.4. The molecule has 0 amide bonds. The molecular weight excluding hydrogens is 563 g/mol. The van der Waals surface area contributed by atoms with Crippen molar-refractivity contribution in [3.8, 4) is 0 Å². The third-order valence-corrected chi connectivity index (χ3v) is 6.34. The van der Waals surface area contributed by atoms with Crippen molar-refractivity contribution >= 4 is 43.1 Å². The van der Waals surface area contributed by atoms with Crippen molar-refractivity contribution in [1.29, 1.82) is 0 Å². The van der Waals surface area contributed by atoms with Gasteiger partial charge >= 0.3 is 0 Å². The number of aromatic nitrogens is 9. The number of para-hydroxylation sites is 2. The molecule has 42 heavy (non-hydrogen) atoms. The standard InChI is InChI=1S/C8H6N2.C6H4S2.C5H5N.3C4H4N2/c1-2-4-8-7(3-1)9-5-6-10-8;1-3-7-6-2-4-8-5(1)6;1-2-4-6-5-3-1;1-2-6-4-3-5-1;2*1-2-5-4-6-3-1/h1-6H;1-4H;1-5H;3*1-4H. The molecule has 7 heterocycles. The van der Waals surface area contributed by atoms with E-state index >= 15 is 0 Å². The van der Waals surface area contributed by atoms with Crippen molar-refractivity contribution in [1.82, 2.24) is 44.9 Å². The molecule has 7 aromatic heterocycles. The zero-order valence-corrected chi connectivity index (χ0v) is 24.1. The Hall–Kier alpha value is -5.39. The molecule has 0 atom stereocenters. The number of rotatable bonds is 0. The summed E-state index contributed by atoms with van der Waals surface area (Å²) in [5.41, 5.74) is 1.90. The van der Waals surface area contributed by atoms with Gasteiger partial charge in [-0.1, -0.05) is 18.2 Å². The normalized spacial score (nSPS) is 8.95. The topological polar surface area (TPSA) is 116 Å². The highest BCUT2D eigenvalue weighted by Crippen LogP contribution is 2.25. The van der Waals surface area contributed by atoms with E-state index in [0.717, 1.165) is 11.0 Å². The molecule has 0 spiro atoms. The quantitative estimate of drug-likeness (QED) is 0.182. The van der Waals surface area contributed by atoms with E-state index in [1.807, 2.05) is 42.5 Å². The summed E-state index contributed by atoms with van der Waals surface area (Å²) in [7, 11) is 0. The number of nitrogens with zero attached hydrogens (tertiary/aromatic N) is 9. The second-order valence-corrected chi connectivity index (χ2v) is 9.24. The fourth-order valence-corrected chi connectivity index (χ4v) is 4.50. The van der Waals surface area contributed by atoms with Crippen LogP contribution >= 0.6 is 22.7 Å². The Labute approximate surface area is 251 Å². The Morgan fingerprint density at radius 2 is 0.738 bits per heavy atom. The van der Waals surface area contributed by atoms with E-state index in [2.05, 4.69) is 67.7 Å². The van der Waals surface area contributed by atoms with Crippen molar-refractivity contribution in [3.05, 3.63) is 165 Å². The number of fused-ring (bicyclic) bond motifs is 2. The van der Waals surface area contributed by atoms with Gasteiger partial charge in [0.1, 0.15) is 12.7 Å². The SMILES string of the molecule is c1cc2sccc2s1.c1ccc2nccnc2c1.c1ccncc1.c1cnccn1.c1cncnc1.c1cncnc1. The molecule has 0 aliphatic rings. The van der Waals surface area contributed by atoms with Gasteiger partial charge in [-0.3, -0.25) is 24.9 Å². The average molecular weight is 590 g/mol. The molecule has 0 fully saturated rings. The van der Waals surface area contributed by atoms with Crippen LogP contribution < -0.4 is 0 Å². The first kappa shape index (κ1) is 31.1. The molecule has 0 saturated heterocycles. The van der Waals surface area contributed by atoms with E-state index in [-0.39, 0.29) is 0 Å². The fourth-order valence-electron chi connectivity index (χ4n) is 2.68. The Bertz CT molecular complexity index is 1340. The fraction of sp³-hybridized carbons (Fsp3) is 0. The molecule has 0 saturated carbocycles. The second-order valence-electron chi connectivity index (χ2n) is 7.34. The first-order valence-corrected chi connectivity index (χ1v) is 14.2. The molecule has 0 aliphatic carbocycles. The Kier molecular flexibility index (Phi) is 15.9. The van der Waals surface area contributed by atoms with Crippen molar-refractivity contribution in [2.24, 2.45) is 0 Å². The van der Waals surface area contributed by atoms with Gasteiger partial charge in [-0.15, -0.1) is 22.7 Å². The molecule has 8 aromatic rings. The number of hydrogen-bond donors (Lipinski definition) is 0. The van der Waals surface area contributed by atoms with Gasteiger partial charge in [0.05, 0.1) is 11.0 Å². The highest BCUT2D eigenvalue weighted by atomic mass is 32.1. The summed E-state index contributed by atoms with van der Waals surface area (Å²) >= 11 is 3.61. The summed E-state index contributed by atoms with van der Waals surface area (Å²) in [6, 6.07) is 21.4. The Morgan fingerprint density at radius 3 is 1.02 bits per heavy atom. The van der Waals surface area contributed by atoms with Gasteiger partial charge in [0.15, 0.2) is 0 Å². The van der Waals surface area contributed by atoms with Crippen LogP contribution in [0.25, 0.3) is 20.4 Å². The van der Waals surface area contributed by atoms with Gasteiger partial charge in [-0.2, -0.15) is 0 Å². The van der Waals surface area contributed by atoms with E-state index in [1.165, 1.54) is 22.1 Å². The minimum atomic E-state index is 0.949. The molecule has 208 valence electrons.